The van der Waals surface area contributed by atoms with Gasteiger partial charge in [-0.2, -0.15) is 0 Å². The van der Waals surface area contributed by atoms with Gasteiger partial charge in [0.25, 0.3) is 0 Å². The van der Waals surface area contributed by atoms with Crippen LogP contribution in [0, 0.1) is 11.8 Å². The van der Waals surface area contributed by atoms with Gasteiger partial charge >= 0.3 is 0 Å². The first-order valence-corrected chi connectivity index (χ1v) is 8.03. The monoisotopic (exact) mass is 306 g/mol. The molecule has 2 rings (SSSR count). The van der Waals surface area contributed by atoms with Crippen molar-refractivity contribution in [1.82, 2.24) is 4.90 Å². The number of nitrogens with two attached hydrogens (primary N) is 1. The number of carbonyl (C=O) groups is 1. The first-order valence-electron chi connectivity index (χ1n) is 7.04. The molecule has 0 aromatic rings. The van der Waals surface area contributed by atoms with Gasteiger partial charge in [-0.25, -0.2) is 0 Å². The van der Waals surface area contributed by atoms with Crippen LogP contribution in [0.5, 0.6) is 0 Å². The Balaban J connectivity index is 0.00000180. The van der Waals surface area contributed by atoms with Gasteiger partial charge in [-0.1, -0.05) is 27.2 Å². The standard InChI is InChI=1S/C14H26N2OS.ClH/c1-14(2,3)18-9-13(17)16-7-10-5-4-6-12(15)11(10)8-16;/h10-12H,4-9,15H2,1-3H3;1H. The summed E-state index contributed by atoms with van der Waals surface area (Å²) in [4.78, 5) is 14.3. The molecule has 1 aliphatic heterocycles. The van der Waals surface area contributed by atoms with E-state index in [0.29, 0.717) is 29.5 Å². The number of likely N-dealkylation sites (tertiary alicyclic amines) is 1. The van der Waals surface area contributed by atoms with Crippen LogP contribution in [-0.2, 0) is 4.79 Å². The van der Waals surface area contributed by atoms with Crippen molar-refractivity contribution in [2.24, 2.45) is 17.6 Å². The van der Waals surface area contributed by atoms with Crippen molar-refractivity contribution < 1.29 is 4.79 Å². The lowest BCUT2D eigenvalue weighted by molar-refractivity contribution is -0.127. The van der Waals surface area contributed by atoms with Gasteiger partial charge in [0.1, 0.15) is 0 Å². The average Bonchev–Trinajstić information content (AvgIpc) is 2.70. The second kappa shape index (κ2) is 6.68. The lowest BCUT2D eigenvalue weighted by Crippen LogP contribution is -2.38. The van der Waals surface area contributed by atoms with Crippen molar-refractivity contribution in [2.45, 2.75) is 50.8 Å². The number of halogens is 1. The third-order valence-electron chi connectivity index (χ3n) is 4.14. The summed E-state index contributed by atoms with van der Waals surface area (Å²) in [6.45, 7) is 8.32. The average molecular weight is 307 g/mol. The molecule has 2 aliphatic rings. The van der Waals surface area contributed by atoms with Crippen molar-refractivity contribution in [1.29, 1.82) is 0 Å². The van der Waals surface area contributed by atoms with E-state index in [2.05, 4.69) is 25.7 Å². The number of fused-ring (bicyclic) bond motifs is 1. The SMILES string of the molecule is CC(C)(C)SCC(=O)N1CC2CCCC(N)C2C1.Cl. The molecule has 2 fully saturated rings. The number of rotatable bonds is 2. The summed E-state index contributed by atoms with van der Waals surface area (Å²) in [5, 5.41) is 0. The predicted molar refractivity (Wildman–Crippen MR) is 84.8 cm³/mol. The smallest absolute Gasteiger partial charge is 0.232 e. The summed E-state index contributed by atoms with van der Waals surface area (Å²) >= 11 is 1.74. The lowest BCUT2D eigenvalue weighted by Gasteiger charge is -2.29. The van der Waals surface area contributed by atoms with Crippen molar-refractivity contribution in [3.63, 3.8) is 0 Å². The molecule has 3 unspecified atom stereocenters. The lowest BCUT2D eigenvalue weighted by atomic mass is 9.78. The molecular weight excluding hydrogens is 280 g/mol. The van der Waals surface area contributed by atoms with Crippen molar-refractivity contribution in [3.05, 3.63) is 0 Å². The minimum atomic E-state index is 0. The molecule has 1 saturated carbocycles. The third-order valence-corrected chi connectivity index (χ3v) is 5.39. The fourth-order valence-electron chi connectivity index (χ4n) is 3.09. The van der Waals surface area contributed by atoms with Crippen LogP contribution in [0.1, 0.15) is 40.0 Å². The van der Waals surface area contributed by atoms with Crippen LogP contribution in [-0.4, -0.2) is 40.4 Å². The number of carbonyl (C=O) groups excluding carboxylic acids is 1. The topological polar surface area (TPSA) is 46.3 Å². The zero-order valence-electron chi connectivity index (χ0n) is 12.2. The highest BCUT2D eigenvalue weighted by Crippen LogP contribution is 2.36. The zero-order chi connectivity index (χ0) is 13.3. The van der Waals surface area contributed by atoms with Crippen LogP contribution in [0.15, 0.2) is 0 Å². The molecule has 1 saturated heterocycles. The van der Waals surface area contributed by atoms with E-state index in [1.807, 2.05) is 0 Å². The van der Waals surface area contributed by atoms with Crippen LogP contribution in [0.4, 0.5) is 0 Å². The Morgan fingerprint density at radius 3 is 2.58 bits per heavy atom. The maximum Gasteiger partial charge on any atom is 0.232 e. The maximum atomic E-state index is 12.2. The van der Waals surface area contributed by atoms with Crippen LogP contribution < -0.4 is 5.73 Å². The fourth-order valence-corrected chi connectivity index (χ4v) is 3.83. The van der Waals surface area contributed by atoms with Gasteiger partial charge in [0.2, 0.25) is 5.91 Å². The second-order valence-electron chi connectivity index (χ2n) is 6.72. The molecule has 112 valence electrons. The van der Waals surface area contributed by atoms with E-state index in [1.165, 1.54) is 12.8 Å². The molecule has 1 amide bonds. The highest BCUT2D eigenvalue weighted by atomic mass is 35.5. The third kappa shape index (κ3) is 4.54. The number of nitrogens with zero attached hydrogens (tertiary/aromatic N) is 1. The first kappa shape index (κ1) is 17.1. The predicted octanol–water partition coefficient (Wildman–Crippen LogP) is 2.53. The molecule has 5 heteroatoms. The molecule has 1 aliphatic carbocycles. The summed E-state index contributed by atoms with van der Waals surface area (Å²) in [6.07, 6.45) is 3.63. The van der Waals surface area contributed by atoms with Gasteiger partial charge in [0, 0.05) is 23.9 Å². The van der Waals surface area contributed by atoms with E-state index in [9.17, 15) is 4.79 Å². The van der Waals surface area contributed by atoms with E-state index < -0.39 is 0 Å². The Morgan fingerprint density at radius 1 is 1.32 bits per heavy atom. The Labute approximate surface area is 127 Å². The largest absolute Gasteiger partial charge is 0.341 e. The molecule has 0 aromatic carbocycles. The molecule has 2 N–H and O–H groups in total. The molecule has 19 heavy (non-hydrogen) atoms. The number of hydrogen-bond acceptors (Lipinski definition) is 3. The Hall–Kier alpha value is 0.0700. The zero-order valence-corrected chi connectivity index (χ0v) is 13.9. The van der Waals surface area contributed by atoms with Crippen molar-refractivity contribution >= 4 is 30.1 Å². The molecule has 0 spiro atoms. The van der Waals surface area contributed by atoms with Crippen LogP contribution >= 0.6 is 24.2 Å². The number of amides is 1. The highest BCUT2D eigenvalue weighted by molar-refractivity contribution is 8.01. The molecule has 3 atom stereocenters. The molecular formula is C14H27ClN2OS. The summed E-state index contributed by atoms with van der Waals surface area (Å²) in [6, 6.07) is 0.316. The molecule has 1 heterocycles. The van der Waals surface area contributed by atoms with E-state index in [1.54, 1.807) is 11.8 Å². The normalized spacial score (nSPS) is 30.7. The Bertz CT molecular complexity index is 319. The summed E-state index contributed by atoms with van der Waals surface area (Å²) in [5.74, 6) is 2.13. The van der Waals surface area contributed by atoms with Gasteiger partial charge in [-0.15, -0.1) is 24.2 Å². The van der Waals surface area contributed by atoms with E-state index in [4.69, 9.17) is 5.73 Å². The quantitative estimate of drug-likeness (QED) is 0.853. The van der Waals surface area contributed by atoms with Crippen molar-refractivity contribution in [3.8, 4) is 0 Å². The van der Waals surface area contributed by atoms with Gasteiger partial charge in [-0.05, 0) is 24.7 Å². The molecule has 0 radical (unpaired) electrons. The molecule has 0 bridgehead atoms. The highest BCUT2D eigenvalue weighted by Gasteiger charge is 2.40. The van der Waals surface area contributed by atoms with Crippen LogP contribution in [0.25, 0.3) is 0 Å². The second-order valence-corrected chi connectivity index (χ2v) is 8.52. The number of hydrogen-bond donors (Lipinski definition) is 1. The Morgan fingerprint density at radius 2 is 2.00 bits per heavy atom. The van der Waals surface area contributed by atoms with Gasteiger partial charge in [0.15, 0.2) is 0 Å². The van der Waals surface area contributed by atoms with Gasteiger partial charge < -0.3 is 10.6 Å². The summed E-state index contributed by atoms with van der Waals surface area (Å²) in [7, 11) is 0. The summed E-state index contributed by atoms with van der Waals surface area (Å²) in [5.41, 5.74) is 6.18. The first-order chi connectivity index (χ1) is 8.37. The Kier molecular flexibility index (Phi) is 6.02. The van der Waals surface area contributed by atoms with Gasteiger partial charge in [-0.3, -0.25) is 4.79 Å². The number of thioether (sulfide) groups is 1. The van der Waals surface area contributed by atoms with E-state index in [-0.39, 0.29) is 17.2 Å². The fraction of sp³-hybridized carbons (Fsp3) is 0.929. The van der Waals surface area contributed by atoms with Crippen LogP contribution in [0.2, 0.25) is 0 Å². The van der Waals surface area contributed by atoms with E-state index in [0.717, 1.165) is 19.5 Å². The van der Waals surface area contributed by atoms with Crippen molar-refractivity contribution in [2.75, 3.05) is 18.8 Å². The van der Waals surface area contributed by atoms with Crippen LogP contribution in [0.3, 0.4) is 0 Å². The molecule has 0 aromatic heterocycles. The minimum absolute atomic E-state index is 0. The van der Waals surface area contributed by atoms with E-state index >= 15 is 0 Å². The molecule has 3 nitrogen and oxygen atoms in total. The van der Waals surface area contributed by atoms with Gasteiger partial charge in [0.05, 0.1) is 5.75 Å². The summed E-state index contributed by atoms with van der Waals surface area (Å²) < 4.78 is 0.165. The maximum absolute atomic E-state index is 12.2. The minimum Gasteiger partial charge on any atom is -0.341 e.